The van der Waals surface area contributed by atoms with Crippen LogP contribution in [-0.2, 0) is 6.42 Å². The van der Waals surface area contributed by atoms with Crippen LogP contribution in [0.3, 0.4) is 0 Å². The van der Waals surface area contributed by atoms with Gasteiger partial charge < -0.3 is 11.1 Å². The summed E-state index contributed by atoms with van der Waals surface area (Å²) in [6, 6.07) is 7.50. The van der Waals surface area contributed by atoms with Gasteiger partial charge in [-0.05, 0) is 24.1 Å². The Kier molecular flexibility index (Phi) is 4.30. The molecule has 19 heavy (non-hydrogen) atoms. The lowest BCUT2D eigenvalue weighted by molar-refractivity contribution is 0.0950. The summed E-state index contributed by atoms with van der Waals surface area (Å²) in [6.45, 7) is 0.481. The second-order valence-corrected chi connectivity index (χ2v) is 4.36. The summed E-state index contributed by atoms with van der Waals surface area (Å²) in [6.07, 6.45) is 3.56. The van der Waals surface area contributed by atoms with E-state index in [9.17, 15) is 4.79 Å². The van der Waals surface area contributed by atoms with E-state index < -0.39 is 0 Å². The van der Waals surface area contributed by atoms with Crippen LogP contribution in [0.15, 0.2) is 36.7 Å². The van der Waals surface area contributed by atoms with E-state index in [1.165, 1.54) is 12.4 Å². The van der Waals surface area contributed by atoms with Gasteiger partial charge in [-0.1, -0.05) is 23.7 Å². The molecule has 6 heteroatoms. The molecule has 3 N–H and O–H groups in total. The van der Waals surface area contributed by atoms with E-state index in [2.05, 4.69) is 15.3 Å². The molecule has 0 spiro atoms. The van der Waals surface area contributed by atoms with E-state index >= 15 is 0 Å². The molecule has 1 aromatic carbocycles. The first-order chi connectivity index (χ1) is 9.16. The van der Waals surface area contributed by atoms with Crippen LogP contribution in [0.25, 0.3) is 0 Å². The Balaban J connectivity index is 1.90. The molecule has 0 unspecified atom stereocenters. The molecule has 5 nitrogen and oxygen atoms in total. The Bertz CT molecular complexity index is 588. The molecule has 0 aliphatic carbocycles. The molecule has 2 rings (SSSR count). The molecule has 2 aromatic rings. The number of nitrogens with one attached hydrogen (secondary N) is 1. The van der Waals surface area contributed by atoms with Gasteiger partial charge in [-0.2, -0.15) is 0 Å². The maximum atomic E-state index is 11.8. The number of nitrogens with two attached hydrogens (primary N) is 1. The number of nitrogens with zero attached hydrogens (tertiary/aromatic N) is 2. The Labute approximate surface area is 115 Å². The fraction of sp³-hybridized carbons (Fsp3) is 0.154. The lowest BCUT2D eigenvalue weighted by Crippen LogP contribution is -2.27. The van der Waals surface area contributed by atoms with E-state index in [1.54, 1.807) is 0 Å². The number of rotatable bonds is 4. The second-order valence-electron chi connectivity index (χ2n) is 3.93. The van der Waals surface area contributed by atoms with Gasteiger partial charge in [0.15, 0.2) is 11.5 Å². The molecular weight excluding hydrogens is 264 g/mol. The highest BCUT2D eigenvalue weighted by Gasteiger charge is 2.10. The second kappa shape index (κ2) is 6.15. The summed E-state index contributed by atoms with van der Waals surface area (Å²) in [5.74, 6) is -0.199. The fourth-order valence-electron chi connectivity index (χ4n) is 1.62. The molecule has 1 heterocycles. The molecule has 0 aliphatic heterocycles. The minimum atomic E-state index is -0.326. The van der Waals surface area contributed by atoms with Crippen molar-refractivity contribution in [2.75, 3.05) is 12.3 Å². The zero-order valence-electron chi connectivity index (χ0n) is 10.1. The van der Waals surface area contributed by atoms with Gasteiger partial charge in [-0.3, -0.25) is 4.79 Å². The first-order valence-corrected chi connectivity index (χ1v) is 6.14. The average molecular weight is 277 g/mol. The van der Waals surface area contributed by atoms with Crippen molar-refractivity contribution in [3.8, 4) is 0 Å². The minimum absolute atomic E-state index is 0.128. The third-order valence-electron chi connectivity index (χ3n) is 2.53. The van der Waals surface area contributed by atoms with E-state index in [4.69, 9.17) is 17.3 Å². The van der Waals surface area contributed by atoms with Gasteiger partial charge in [0.1, 0.15) is 0 Å². The molecule has 0 aliphatic rings. The number of carbonyl (C=O) groups excluding carboxylic acids is 1. The smallest absolute Gasteiger partial charge is 0.273 e. The van der Waals surface area contributed by atoms with Crippen LogP contribution in [0.5, 0.6) is 0 Å². The normalized spacial score (nSPS) is 10.2. The van der Waals surface area contributed by atoms with Crippen LogP contribution < -0.4 is 11.1 Å². The van der Waals surface area contributed by atoms with Gasteiger partial charge in [0.05, 0.1) is 0 Å². The van der Waals surface area contributed by atoms with Gasteiger partial charge in [-0.25, -0.2) is 9.97 Å². The van der Waals surface area contributed by atoms with Gasteiger partial charge in [0, 0.05) is 24.0 Å². The summed E-state index contributed by atoms with van der Waals surface area (Å²) in [7, 11) is 0. The summed E-state index contributed by atoms with van der Waals surface area (Å²) in [5, 5.41) is 3.43. The van der Waals surface area contributed by atoms with E-state index in [0.717, 1.165) is 5.56 Å². The van der Waals surface area contributed by atoms with E-state index in [-0.39, 0.29) is 17.4 Å². The minimum Gasteiger partial charge on any atom is -0.382 e. The quantitative estimate of drug-likeness (QED) is 0.890. The molecule has 0 saturated heterocycles. The number of halogens is 1. The van der Waals surface area contributed by atoms with Crippen LogP contribution in [-0.4, -0.2) is 22.4 Å². The van der Waals surface area contributed by atoms with Crippen molar-refractivity contribution in [3.63, 3.8) is 0 Å². The fourth-order valence-corrected chi connectivity index (χ4v) is 1.83. The van der Waals surface area contributed by atoms with Crippen LogP contribution in [0, 0.1) is 0 Å². The zero-order valence-corrected chi connectivity index (χ0v) is 10.9. The number of hydrogen-bond donors (Lipinski definition) is 2. The maximum absolute atomic E-state index is 11.8. The van der Waals surface area contributed by atoms with Crippen LogP contribution in [0.2, 0.25) is 5.02 Å². The molecule has 0 fully saturated rings. The summed E-state index contributed by atoms with van der Waals surface area (Å²) in [5.41, 5.74) is 6.77. The third kappa shape index (κ3) is 3.66. The largest absolute Gasteiger partial charge is 0.382 e. The molecule has 0 bridgehead atoms. The lowest BCUT2D eigenvalue weighted by Gasteiger charge is -2.06. The number of amides is 1. The number of carbonyl (C=O) groups is 1. The van der Waals surface area contributed by atoms with Gasteiger partial charge in [-0.15, -0.1) is 0 Å². The van der Waals surface area contributed by atoms with Crippen LogP contribution in [0.1, 0.15) is 16.1 Å². The molecule has 0 atom stereocenters. The first-order valence-electron chi connectivity index (χ1n) is 5.76. The predicted octanol–water partition coefficient (Wildman–Crippen LogP) is 1.68. The Hall–Kier alpha value is -2.14. The van der Waals surface area contributed by atoms with Crippen molar-refractivity contribution in [3.05, 3.63) is 52.9 Å². The molecule has 1 aromatic heterocycles. The van der Waals surface area contributed by atoms with Crippen molar-refractivity contribution in [2.45, 2.75) is 6.42 Å². The predicted molar refractivity (Wildman–Crippen MR) is 73.9 cm³/mol. The first kappa shape index (κ1) is 13.3. The highest BCUT2D eigenvalue weighted by Crippen LogP contribution is 2.10. The molecule has 0 saturated carbocycles. The maximum Gasteiger partial charge on any atom is 0.273 e. The number of aromatic nitrogens is 2. The summed E-state index contributed by atoms with van der Waals surface area (Å²) in [4.78, 5) is 19.5. The number of hydrogen-bond acceptors (Lipinski definition) is 4. The summed E-state index contributed by atoms with van der Waals surface area (Å²) < 4.78 is 0. The average Bonchev–Trinajstić information content (AvgIpc) is 2.39. The molecule has 98 valence electrons. The van der Waals surface area contributed by atoms with Gasteiger partial charge in [0.2, 0.25) is 0 Å². The van der Waals surface area contributed by atoms with Crippen molar-refractivity contribution in [2.24, 2.45) is 0 Å². The monoisotopic (exact) mass is 276 g/mol. The topological polar surface area (TPSA) is 80.9 Å². The number of benzene rings is 1. The number of nitrogen functional groups attached to an aromatic ring is 1. The Morgan fingerprint density at radius 3 is 2.84 bits per heavy atom. The highest BCUT2D eigenvalue weighted by atomic mass is 35.5. The Morgan fingerprint density at radius 2 is 2.11 bits per heavy atom. The van der Waals surface area contributed by atoms with Crippen LogP contribution >= 0.6 is 11.6 Å². The number of anilines is 1. The SMILES string of the molecule is Nc1nccnc1C(=O)NCCc1cccc(Cl)c1. The Morgan fingerprint density at radius 1 is 1.32 bits per heavy atom. The van der Waals surface area contributed by atoms with Gasteiger partial charge in [0.25, 0.3) is 5.91 Å². The lowest BCUT2D eigenvalue weighted by atomic mass is 10.1. The molecule has 0 radical (unpaired) electrons. The van der Waals surface area contributed by atoms with Crippen molar-refractivity contribution < 1.29 is 4.79 Å². The van der Waals surface area contributed by atoms with E-state index in [1.807, 2.05) is 24.3 Å². The van der Waals surface area contributed by atoms with Crippen LogP contribution in [0.4, 0.5) is 5.82 Å². The van der Waals surface area contributed by atoms with Crippen molar-refractivity contribution in [1.82, 2.24) is 15.3 Å². The molecule has 1 amide bonds. The van der Waals surface area contributed by atoms with Crippen molar-refractivity contribution >= 4 is 23.3 Å². The third-order valence-corrected chi connectivity index (χ3v) is 2.76. The molecular formula is C13H13ClN4O. The summed E-state index contributed by atoms with van der Waals surface area (Å²) >= 11 is 5.88. The highest BCUT2D eigenvalue weighted by molar-refractivity contribution is 6.30. The zero-order chi connectivity index (χ0) is 13.7. The van der Waals surface area contributed by atoms with Crippen molar-refractivity contribution in [1.29, 1.82) is 0 Å². The van der Waals surface area contributed by atoms with E-state index in [0.29, 0.717) is 18.0 Å². The van der Waals surface area contributed by atoms with Gasteiger partial charge >= 0.3 is 0 Å². The standard InChI is InChI=1S/C13H13ClN4O/c14-10-3-1-2-9(8-10)4-5-18-13(19)11-12(15)17-7-6-16-11/h1-3,6-8H,4-5H2,(H2,15,17)(H,18,19).